The first-order valence-corrected chi connectivity index (χ1v) is 13.8. The average molecular weight is 571 g/mol. The number of nitrogens with two attached hydrogens (primary N) is 1. The van der Waals surface area contributed by atoms with E-state index in [2.05, 4.69) is 4.98 Å². The third-order valence-corrected chi connectivity index (χ3v) is 7.82. The lowest BCUT2D eigenvalue weighted by Gasteiger charge is -2.36. The van der Waals surface area contributed by atoms with Crippen molar-refractivity contribution >= 4 is 11.8 Å². The van der Waals surface area contributed by atoms with Gasteiger partial charge in [-0.05, 0) is 97.0 Å². The fourth-order valence-electron chi connectivity index (χ4n) is 5.96. The zero-order chi connectivity index (χ0) is 30.3. The van der Waals surface area contributed by atoms with Crippen LogP contribution in [-0.4, -0.2) is 70.6 Å². The Balaban J connectivity index is 1.82. The van der Waals surface area contributed by atoms with Gasteiger partial charge in [-0.1, -0.05) is 12.1 Å². The summed E-state index contributed by atoms with van der Waals surface area (Å²) in [7, 11) is 6.83. The number of benzene rings is 3. The minimum Gasteiger partial charge on any atom is -0.345 e. The molecule has 0 saturated heterocycles. The molecule has 0 aliphatic heterocycles. The smallest absolute Gasteiger partial charge is 0.345 e. The number of nitrogens with zero attached hydrogens (tertiary/aromatic N) is 4. The fourth-order valence-corrected chi connectivity index (χ4v) is 5.96. The summed E-state index contributed by atoms with van der Waals surface area (Å²) in [5.74, 6) is -0.291. The van der Waals surface area contributed by atoms with Crippen LogP contribution in [0.2, 0.25) is 0 Å². The number of carbonyl (C=O) groups is 2. The van der Waals surface area contributed by atoms with E-state index in [0.717, 1.165) is 22.3 Å². The van der Waals surface area contributed by atoms with E-state index in [4.69, 9.17) is 10.8 Å². The Hall–Kier alpha value is -4.57. The Morgan fingerprint density at radius 3 is 1.88 bits per heavy atom. The topological polar surface area (TPSA) is 117 Å². The van der Waals surface area contributed by atoms with Crippen molar-refractivity contribution in [1.82, 2.24) is 24.6 Å². The van der Waals surface area contributed by atoms with Gasteiger partial charge in [0.25, 0.3) is 11.8 Å². The molecule has 9 nitrogen and oxygen atoms in total. The molecular formula is C32H35FN6O3. The summed E-state index contributed by atoms with van der Waals surface area (Å²) in [4.78, 5) is 45.3. The molecule has 0 unspecified atom stereocenters. The fraction of sp³-hybridized carbons (Fsp3) is 0.312. The van der Waals surface area contributed by atoms with Gasteiger partial charge < -0.3 is 15.5 Å². The largest absolute Gasteiger partial charge is 0.348 e. The Morgan fingerprint density at radius 2 is 1.43 bits per heavy atom. The van der Waals surface area contributed by atoms with Crippen molar-refractivity contribution in [2.45, 2.75) is 37.6 Å². The first kappa shape index (κ1) is 28.9. The van der Waals surface area contributed by atoms with Crippen LogP contribution in [0.3, 0.4) is 0 Å². The van der Waals surface area contributed by atoms with E-state index in [1.807, 2.05) is 31.2 Å². The number of hydrogen-bond acceptors (Lipinski definition) is 5. The molecule has 4 aromatic rings. The van der Waals surface area contributed by atoms with E-state index in [9.17, 15) is 18.8 Å². The molecule has 0 saturated carbocycles. The Labute approximate surface area is 243 Å². The van der Waals surface area contributed by atoms with Crippen molar-refractivity contribution in [3.8, 4) is 5.69 Å². The number of aromatic amines is 1. The van der Waals surface area contributed by atoms with Gasteiger partial charge in [0.2, 0.25) is 0 Å². The minimum absolute atomic E-state index is 0.120. The molecule has 2 amide bonds. The molecule has 0 radical (unpaired) electrons. The lowest BCUT2D eigenvalue weighted by Crippen LogP contribution is -2.38. The molecule has 0 spiro atoms. The van der Waals surface area contributed by atoms with Crippen LogP contribution < -0.4 is 11.4 Å². The zero-order valence-corrected chi connectivity index (χ0v) is 24.4. The monoisotopic (exact) mass is 570 g/mol. The van der Waals surface area contributed by atoms with Crippen LogP contribution in [0.1, 0.15) is 62.1 Å². The number of hydrogen-bond donors (Lipinski definition) is 2. The Kier molecular flexibility index (Phi) is 7.59. The highest BCUT2D eigenvalue weighted by Crippen LogP contribution is 2.47. The van der Waals surface area contributed by atoms with E-state index in [-0.39, 0.29) is 17.9 Å². The normalized spacial score (nSPS) is 14.4. The number of aryl methyl sites for hydroxylation is 2. The van der Waals surface area contributed by atoms with Gasteiger partial charge in [0.1, 0.15) is 11.6 Å². The van der Waals surface area contributed by atoms with Crippen molar-refractivity contribution in [3.63, 3.8) is 0 Å². The van der Waals surface area contributed by atoms with Crippen LogP contribution in [0.4, 0.5) is 4.39 Å². The van der Waals surface area contributed by atoms with E-state index in [0.29, 0.717) is 41.9 Å². The van der Waals surface area contributed by atoms with Crippen LogP contribution in [-0.2, 0) is 18.3 Å². The average Bonchev–Trinajstić information content (AvgIpc) is 3.29. The number of nitrogens with one attached hydrogen (secondary N) is 1. The summed E-state index contributed by atoms with van der Waals surface area (Å²) < 4.78 is 14.9. The highest BCUT2D eigenvalue weighted by molar-refractivity contribution is 5.95. The molecule has 0 bridgehead atoms. The van der Waals surface area contributed by atoms with Crippen molar-refractivity contribution < 1.29 is 14.0 Å². The standard InChI is InChI=1S/C32H35FN6O3/c1-19(34)18-32(30-35-31(42)39(36-30)25-12-10-24(33)11-13-25)26-14-8-22(28(40)37(2)3)16-20(26)6-7-21-17-23(9-15-27(21)32)29(41)38(4)5/h8-17,19H,6-7,18,34H2,1-5H3,(H,35,36,42)/t19-/m1/s1. The van der Waals surface area contributed by atoms with Gasteiger partial charge in [0.05, 0.1) is 11.1 Å². The number of amides is 2. The van der Waals surface area contributed by atoms with Crippen LogP contribution in [0.5, 0.6) is 0 Å². The third kappa shape index (κ3) is 5.02. The van der Waals surface area contributed by atoms with Crippen LogP contribution in [0.25, 0.3) is 5.69 Å². The second-order valence-corrected chi connectivity index (χ2v) is 11.4. The van der Waals surface area contributed by atoms with Gasteiger partial charge in [-0.15, -0.1) is 5.10 Å². The summed E-state index contributed by atoms with van der Waals surface area (Å²) in [5.41, 5.74) is 10.2. The number of halogens is 1. The molecule has 1 aliphatic rings. The molecule has 1 atom stereocenters. The highest BCUT2D eigenvalue weighted by atomic mass is 19.1. The van der Waals surface area contributed by atoms with Crippen molar-refractivity contribution in [2.75, 3.05) is 28.2 Å². The summed E-state index contributed by atoms with van der Waals surface area (Å²) in [6.45, 7) is 1.90. The number of fused-ring (bicyclic) bond motifs is 2. The molecule has 3 aromatic carbocycles. The molecule has 5 rings (SSSR count). The van der Waals surface area contributed by atoms with E-state index in [1.165, 1.54) is 38.7 Å². The number of H-pyrrole nitrogens is 1. The predicted octanol–water partition coefficient (Wildman–Crippen LogP) is 3.27. The molecule has 1 aliphatic carbocycles. The maximum atomic E-state index is 13.7. The first-order chi connectivity index (χ1) is 19.9. The maximum absolute atomic E-state index is 13.7. The van der Waals surface area contributed by atoms with Crippen molar-refractivity contribution in [2.24, 2.45) is 5.73 Å². The van der Waals surface area contributed by atoms with Crippen molar-refractivity contribution in [1.29, 1.82) is 0 Å². The highest BCUT2D eigenvalue weighted by Gasteiger charge is 2.45. The number of aromatic nitrogens is 3. The van der Waals surface area contributed by atoms with E-state index in [1.54, 1.807) is 40.3 Å². The van der Waals surface area contributed by atoms with Gasteiger partial charge in [0.15, 0.2) is 0 Å². The quantitative estimate of drug-likeness (QED) is 0.369. The molecule has 0 fully saturated rings. The Morgan fingerprint density at radius 1 is 0.929 bits per heavy atom. The second-order valence-electron chi connectivity index (χ2n) is 11.4. The number of carbonyl (C=O) groups excluding carboxylic acids is 2. The molecule has 3 N–H and O–H groups in total. The molecule has 42 heavy (non-hydrogen) atoms. The molecule has 1 aromatic heterocycles. The molecular weight excluding hydrogens is 535 g/mol. The van der Waals surface area contributed by atoms with Gasteiger partial charge >= 0.3 is 5.69 Å². The van der Waals surface area contributed by atoms with Crippen LogP contribution >= 0.6 is 0 Å². The van der Waals surface area contributed by atoms with Gasteiger partial charge in [-0.2, -0.15) is 4.68 Å². The van der Waals surface area contributed by atoms with Gasteiger partial charge in [-0.25, -0.2) is 9.18 Å². The minimum atomic E-state index is -1.01. The van der Waals surface area contributed by atoms with Crippen LogP contribution in [0.15, 0.2) is 65.5 Å². The van der Waals surface area contributed by atoms with Gasteiger partial charge in [0, 0.05) is 45.4 Å². The lowest BCUT2D eigenvalue weighted by atomic mass is 9.68. The lowest BCUT2D eigenvalue weighted by molar-refractivity contribution is 0.0820. The van der Waals surface area contributed by atoms with Crippen molar-refractivity contribution in [3.05, 3.63) is 116 Å². The van der Waals surface area contributed by atoms with E-state index < -0.39 is 16.9 Å². The predicted molar refractivity (Wildman–Crippen MR) is 159 cm³/mol. The molecule has 10 heteroatoms. The SMILES string of the molecule is C[C@@H](N)CC1(c2nn(-c3ccc(F)cc3)c(=O)[nH]2)c2ccc(C(=O)N(C)C)cc2CCc2cc(C(=O)N(C)C)ccc21. The van der Waals surface area contributed by atoms with Gasteiger partial charge in [-0.3, -0.25) is 14.6 Å². The first-order valence-electron chi connectivity index (χ1n) is 13.8. The molecule has 218 valence electrons. The Bertz CT molecular complexity index is 1650. The van der Waals surface area contributed by atoms with E-state index >= 15 is 0 Å². The zero-order valence-electron chi connectivity index (χ0n) is 24.4. The molecule has 1 heterocycles. The summed E-state index contributed by atoms with van der Waals surface area (Å²) in [6.07, 6.45) is 1.57. The maximum Gasteiger partial charge on any atom is 0.348 e. The summed E-state index contributed by atoms with van der Waals surface area (Å²) in [6, 6.07) is 16.5. The third-order valence-electron chi connectivity index (χ3n) is 7.82. The second kappa shape index (κ2) is 11.0. The number of rotatable bonds is 6. The summed E-state index contributed by atoms with van der Waals surface area (Å²) >= 11 is 0. The van der Waals surface area contributed by atoms with Crippen LogP contribution in [0, 0.1) is 5.82 Å². The summed E-state index contributed by atoms with van der Waals surface area (Å²) in [5, 5.41) is 4.79.